The van der Waals surface area contributed by atoms with Gasteiger partial charge < -0.3 is 19.4 Å². The van der Waals surface area contributed by atoms with E-state index in [4.69, 9.17) is 4.42 Å². The fraction of sp³-hybridized carbons (Fsp3) is 0.316. The number of phenols is 1. The van der Waals surface area contributed by atoms with E-state index >= 15 is 0 Å². The first-order valence-electron chi connectivity index (χ1n) is 8.10. The van der Waals surface area contributed by atoms with Gasteiger partial charge in [-0.15, -0.1) is 0 Å². The molecule has 0 spiro atoms. The van der Waals surface area contributed by atoms with Gasteiger partial charge in [-0.3, -0.25) is 0 Å². The van der Waals surface area contributed by atoms with Crippen molar-refractivity contribution in [2.24, 2.45) is 7.05 Å². The van der Waals surface area contributed by atoms with E-state index < -0.39 is 5.63 Å². The van der Waals surface area contributed by atoms with Crippen molar-refractivity contribution in [2.75, 3.05) is 0 Å². The molecule has 0 aliphatic heterocycles. The monoisotopic (exact) mass is 326 g/mol. The van der Waals surface area contributed by atoms with Crippen LogP contribution < -0.4 is 10.9 Å². The molecule has 0 aliphatic carbocycles. The molecule has 0 unspecified atom stereocenters. The molecule has 3 aromatic rings. The summed E-state index contributed by atoms with van der Waals surface area (Å²) < 4.78 is 7.36. The molecule has 2 aromatic heterocycles. The maximum atomic E-state index is 11.8. The van der Waals surface area contributed by atoms with Crippen molar-refractivity contribution in [1.82, 2.24) is 9.88 Å². The molecule has 0 bridgehead atoms. The van der Waals surface area contributed by atoms with E-state index in [2.05, 4.69) is 28.9 Å². The van der Waals surface area contributed by atoms with Crippen LogP contribution >= 0.6 is 0 Å². The standard InChI is InChI=1S/C19H22N2O3/c1-4-13-7-16-14(8-19(23)24-18(16)9-17(13)22)10-20-11-15-6-5-12(2)21(15)3/h5-9,20,22H,4,10-11H2,1-3H3. The minimum atomic E-state index is -0.405. The molecule has 0 amide bonds. The zero-order valence-electron chi connectivity index (χ0n) is 14.2. The fourth-order valence-electron chi connectivity index (χ4n) is 2.91. The van der Waals surface area contributed by atoms with Gasteiger partial charge in [0.15, 0.2) is 0 Å². The Morgan fingerprint density at radius 1 is 1.17 bits per heavy atom. The number of hydrogen-bond donors (Lipinski definition) is 2. The van der Waals surface area contributed by atoms with Gasteiger partial charge >= 0.3 is 5.63 Å². The number of hydrogen-bond acceptors (Lipinski definition) is 4. The predicted octanol–water partition coefficient (Wildman–Crippen LogP) is 3.00. The highest BCUT2D eigenvalue weighted by molar-refractivity contribution is 5.82. The molecule has 0 radical (unpaired) electrons. The summed E-state index contributed by atoms with van der Waals surface area (Å²) in [5, 5.41) is 14.2. The Morgan fingerprint density at radius 3 is 2.62 bits per heavy atom. The lowest BCUT2D eigenvalue weighted by Crippen LogP contribution is -2.16. The van der Waals surface area contributed by atoms with Gasteiger partial charge in [0, 0.05) is 49.0 Å². The lowest BCUT2D eigenvalue weighted by Gasteiger charge is -2.10. The number of aryl methyl sites for hydroxylation is 2. The number of aromatic hydroxyl groups is 1. The first-order chi connectivity index (χ1) is 11.5. The van der Waals surface area contributed by atoms with Crippen LogP contribution in [-0.4, -0.2) is 9.67 Å². The summed E-state index contributed by atoms with van der Waals surface area (Å²) in [7, 11) is 2.04. The van der Waals surface area contributed by atoms with E-state index in [1.165, 1.54) is 23.5 Å². The first-order valence-corrected chi connectivity index (χ1v) is 8.10. The summed E-state index contributed by atoms with van der Waals surface area (Å²) >= 11 is 0. The lowest BCUT2D eigenvalue weighted by molar-refractivity contribution is 0.466. The van der Waals surface area contributed by atoms with Crippen molar-refractivity contribution >= 4 is 11.0 Å². The smallest absolute Gasteiger partial charge is 0.336 e. The molecule has 2 heterocycles. The van der Waals surface area contributed by atoms with Gasteiger partial charge in [0.05, 0.1) is 0 Å². The summed E-state index contributed by atoms with van der Waals surface area (Å²) in [5.74, 6) is 0.164. The molecule has 1 aromatic carbocycles. The number of rotatable bonds is 5. The molecule has 126 valence electrons. The van der Waals surface area contributed by atoms with Crippen LogP contribution in [0, 0.1) is 6.92 Å². The van der Waals surface area contributed by atoms with Crippen LogP contribution in [0.15, 0.2) is 39.5 Å². The van der Waals surface area contributed by atoms with Crippen LogP contribution in [0.2, 0.25) is 0 Å². The van der Waals surface area contributed by atoms with Crippen LogP contribution in [0.1, 0.15) is 29.4 Å². The van der Waals surface area contributed by atoms with Crippen LogP contribution in [0.25, 0.3) is 11.0 Å². The largest absolute Gasteiger partial charge is 0.508 e. The van der Waals surface area contributed by atoms with E-state index in [1.807, 2.05) is 20.0 Å². The van der Waals surface area contributed by atoms with Crippen molar-refractivity contribution in [1.29, 1.82) is 0 Å². The van der Waals surface area contributed by atoms with Crippen LogP contribution in [0.5, 0.6) is 5.75 Å². The topological polar surface area (TPSA) is 67.4 Å². The molecule has 0 saturated carbocycles. The number of nitrogens with one attached hydrogen (secondary N) is 1. The Hall–Kier alpha value is -2.53. The third kappa shape index (κ3) is 3.08. The Kier molecular flexibility index (Phi) is 4.44. The van der Waals surface area contributed by atoms with Crippen molar-refractivity contribution < 1.29 is 9.52 Å². The van der Waals surface area contributed by atoms with Crippen LogP contribution in [0.3, 0.4) is 0 Å². The van der Waals surface area contributed by atoms with E-state index in [-0.39, 0.29) is 5.75 Å². The molecule has 0 atom stereocenters. The van der Waals surface area contributed by atoms with E-state index in [9.17, 15) is 9.90 Å². The Balaban J connectivity index is 1.88. The summed E-state index contributed by atoms with van der Waals surface area (Å²) in [6, 6.07) is 9.12. The van der Waals surface area contributed by atoms with Crippen molar-refractivity contribution in [2.45, 2.75) is 33.4 Å². The van der Waals surface area contributed by atoms with Gasteiger partial charge in [0.25, 0.3) is 0 Å². The minimum Gasteiger partial charge on any atom is -0.508 e. The molecule has 24 heavy (non-hydrogen) atoms. The Labute approximate surface area is 140 Å². The second-order valence-electron chi connectivity index (χ2n) is 6.05. The van der Waals surface area contributed by atoms with Crippen molar-refractivity contribution in [3.05, 3.63) is 63.3 Å². The molecule has 5 nitrogen and oxygen atoms in total. The summed E-state index contributed by atoms with van der Waals surface area (Å²) in [4.78, 5) is 11.8. The lowest BCUT2D eigenvalue weighted by atomic mass is 10.0. The molecule has 0 fully saturated rings. The van der Waals surface area contributed by atoms with E-state index in [1.54, 1.807) is 0 Å². The molecule has 0 saturated heterocycles. The number of nitrogens with zero attached hydrogens (tertiary/aromatic N) is 1. The minimum absolute atomic E-state index is 0.164. The van der Waals surface area contributed by atoms with E-state index in [0.29, 0.717) is 18.7 Å². The van der Waals surface area contributed by atoms with Gasteiger partial charge in [-0.2, -0.15) is 0 Å². The zero-order chi connectivity index (χ0) is 17.3. The average Bonchev–Trinajstić information content (AvgIpc) is 2.86. The van der Waals surface area contributed by atoms with Crippen LogP contribution in [0.4, 0.5) is 0 Å². The normalized spacial score (nSPS) is 11.3. The highest BCUT2D eigenvalue weighted by atomic mass is 16.4. The van der Waals surface area contributed by atoms with Crippen molar-refractivity contribution in [3.63, 3.8) is 0 Å². The highest BCUT2D eigenvalue weighted by Gasteiger charge is 2.10. The summed E-state index contributed by atoms with van der Waals surface area (Å²) in [5.41, 5.74) is 4.13. The van der Waals surface area contributed by atoms with Gasteiger partial charge in [0.2, 0.25) is 0 Å². The second kappa shape index (κ2) is 6.53. The molecule has 2 N–H and O–H groups in total. The quantitative estimate of drug-likeness (QED) is 0.707. The first kappa shape index (κ1) is 16.3. The molecular weight excluding hydrogens is 304 g/mol. The van der Waals surface area contributed by atoms with Gasteiger partial charge in [0.1, 0.15) is 11.3 Å². The highest BCUT2D eigenvalue weighted by Crippen LogP contribution is 2.26. The van der Waals surface area contributed by atoms with Gasteiger partial charge in [-0.1, -0.05) is 6.92 Å². The maximum absolute atomic E-state index is 11.8. The second-order valence-corrected chi connectivity index (χ2v) is 6.05. The SMILES string of the molecule is CCc1cc2c(CNCc3ccc(C)n3C)cc(=O)oc2cc1O. The molecule has 3 rings (SSSR count). The van der Waals surface area contributed by atoms with E-state index in [0.717, 1.165) is 22.9 Å². The van der Waals surface area contributed by atoms with Gasteiger partial charge in [-0.25, -0.2) is 4.79 Å². The number of phenolic OH excluding ortho intramolecular Hbond substituents is 1. The third-order valence-electron chi connectivity index (χ3n) is 4.51. The summed E-state index contributed by atoms with van der Waals surface area (Å²) in [6.07, 6.45) is 0.719. The Morgan fingerprint density at radius 2 is 1.96 bits per heavy atom. The maximum Gasteiger partial charge on any atom is 0.336 e. The zero-order valence-corrected chi connectivity index (χ0v) is 14.2. The molecule has 5 heteroatoms. The van der Waals surface area contributed by atoms with Gasteiger partial charge in [-0.05, 0) is 42.7 Å². The average molecular weight is 326 g/mol. The fourth-order valence-corrected chi connectivity index (χ4v) is 2.91. The number of fused-ring (bicyclic) bond motifs is 1. The Bertz CT molecular complexity index is 938. The van der Waals surface area contributed by atoms with Crippen molar-refractivity contribution in [3.8, 4) is 5.75 Å². The number of benzene rings is 1. The number of aromatic nitrogens is 1. The van der Waals surface area contributed by atoms with Crippen LogP contribution in [-0.2, 0) is 26.6 Å². The predicted molar refractivity (Wildman–Crippen MR) is 94.2 cm³/mol. The third-order valence-corrected chi connectivity index (χ3v) is 4.51. The summed E-state index contributed by atoms with van der Waals surface area (Å²) in [6.45, 7) is 5.32. The molecule has 0 aliphatic rings. The molecular formula is C19H22N2O3.